The fraction of sp³-hybridized carbons (Fsp3) is 1.00. The lowest BCUT2D eigenvalue weighted by atomic mass is 9.93. The molecule has 0 spiro atoms. The molecule has 2 bridgehead atoms. The van der Waals surface area contributed by atoms with Crippen LogP contribution >= 0.6 is 0 Å². The summed E-state index contributed by atoms with van der Waals surface area (Å²) in [5.41, 5.74) is 6.13. The van der Waals surface area contributed by atoms with E-state index in [9.17, 15) is 0 Å². The molecular formula is C11H21NO. The van der Waals surface area contributed by atoms with Gasteiger partial charge < -0.3 is 10.5 Å². The Morgan fingerprint density at radius 3 is 2.54 bits per heavy atom. The van der Waals surface area contributed by atoms with Crippen molar-refractivity contribution in [2.24, 2.45) is 23.5 Å². The van der Waals surface area contributed by atoms with E-state index in [4.69, 9.17) is 10.5 Å². The van der Waals surface area contributed by atoms with Crippen LogP contribution in [-0.2, 0) is 4.74 Å². The van der Waals surface area contributed by atoms with Gasteiger partial charge in [-0.2, -0.15) is 0 Å². The normalized spacial score (nSPS) is 43.4. The molecule has 2 saturated carbocycles. The summed E-state index contributed by atoms with van der Waals surface area (Å²) in [7, 11) is 0. The average molecular weight is 183 g/mol. The van der Waals surface area contributed by atoms with Gasteiger partial charge in [0.1, 0.15) is 0 Å². The molecule has 13 heavy (non-hydrogen) atoms. The average Bonchev–Trinajstić information content (AvgIpc) is 2.61. The van der Waals surface area contributed by atoms with Crippen molar-refractivity contribution in [1.29, 1.82) is 0 Å². The fourth-order valence-electron chi connectivity index (χ4n) is 2.83. The zero-order valence-electron chi connectivity index (χ0n) is 8.70. The van der Waals surface area contributed by atoms with Crippen molar-refractivity contribution >= 4 is 0 Å². The van der Waals surface area contributed by atoms with Crippen molar-refractivity contribution in [3.05, 3.63) is 0 Å². The third-order valence-corrected chi connectivity index (χ3v) is 3.52. The molecule has 0 aromatic heterocycles. The SMILES string of the molecule is CC(C)COC1C2CCC(C2)C1N. The van der Waals surface area contributed by atoms with E-state index in [0.717, 1.165) is 18.4 Å². The zero-order valence-corrected chi connectivity index (χ0v) is 8.70. The van der Waals surface area contributed by atoms with Gasteiger partial charge in [0.25, 0.3) is 0 Å². The molecule has 4 unspecified atom stereocenters. The van der Waals surface area contributed by atoms with Crippen LogP contribution in [0.5, 0.6) is 0 Å². The van der Waals surface area contributed by atoms with Crippen LogP contribution in [0.25, 0.3) is 0 Å². The number of nitrogens with two attached hydrogens (primary N) is 1. The molecule has 2 fully saturated rings. The maximum atomic E-state index is 6.13. The maximum absolute atomic E-state index is 6.13. The van der Waals surface area contributed by atoms with Crippen LogP contribution < -0.4 is 5.73 Å². The van der Waals surface area contributed by atoms with Crippen molar-refractivity contribution in [2.75, 3.05) is 6.61 Å². The Kier molecular flexibility index (Phi) is 2.61. The molecule has 0 heterocycles. The summed E-state index contributed by atoms with van der Waals surface area (Å²) in [6, 6.07) is 0.331. The minimum atomic E-state index is 0.331. The van der Waals surface area contributed by atoms with Crippen LogP contribution in [0.1, 0.15) is 33.1 Å². The van der Waals surface area contributed by atoms with Gasteiger partial charge in [0.15, 0.2) is 0 Å². The van der Waals surface area contributed by atoms with Crippen molar-refractivity contribution < 1.29 is 4.74 Å². The number of hydrogen-bond donors (Lipinski definition) is 1. The molecule has 0 aliphatic heterocycles. The van der Waals surface area contributed by atoms with Crippen LogP contribution in [-0.4, -0.2) is 18.8 Å². The van der Waals surface area contributed by atoms with Gasteiger partial charge in [0.2, 0.25) is 0 Å². The van der Waals surface area contributed by atoms with Gasteiger partial charge in [-0.3, -0.25) is 0 Å². The topological polar surface area (TPSA) is 35.2 Å². The Labute approximate surface area is 80.8 Å². The quantitative estimate of drug-likeness (QED) is 0.724. The van der Waals surface area contributed by atoms with E-state index in [1.807, 2.05) is 0 Å². The summed E-state index contributed by atoms with van der Waals surface area (Å²) in [5.74, 6) is 2.17. The Balaban J connectivity index is 1.86. The van der Waals surface area contributed by atoms with Gasteiger partial charge >= 0.3 is 0 Å². The molecule has 0 radical (unpaired) electrons. The zero-order chi connectivity index (χ0) is 9.42. The van der Waals surface area contributed by atoms with E-state index in [1.165, 1.54) is 19.3 Å². The van der Waals surface area contributed by atoms with Gasteiger partial charge in [-0.05, 0) is 37.0 Å². The molecule has 2 nitrogen and oxygen atoms in total. The summed E-state index contributed by atoms with van der Waals surface area (Å²) < 4.78 is 5.89. The van der Waals surface area contributed by atoms with Gasteiger partial charge in [-0.25, -0.2) is 0 Å². The van der Waals surface area contributed by atoms with Crippen molar-refractivity contribution in [1.82, 2.24) is 0 Å². The second-order valence-electron chi connectivity index (χ2n) is 5.10. The van der Waals surface area contributed by atoms with E-state index in [0.29, 0.717) is 18.1 Å². The molecule has 2 aliphatic carbocycles. The minimum Gasteiger partial charge on any atom is -0.376 e. The van der Waals surface area contributed by atoms with Crippen LogP contribution in [0.3, 0.4) is 0 Å². The summed E-state index contributed by atoms with van der Waals surface area (Å²) in [6.07, 6.45) is 4.39. The maximum Gasteiger partial charge on any atom is 0.0756 e. The molecule has 0 aromatic carbocycles. The number of rotatable bonds is 3. The minimum absolute atomic E-state index is 0.331. The van der Waals surface area contributed by atoms with E-state index in [-0.39, 0.29) is 0 Å². The molecule has 4 atom stereocenters. The fourth-order valence-corrected chi connectivity index (χ4v) is 2.83. The number of hydrogen-bond acceptors (Lipinski definition) is 2. The lowest BCUT2D eigenvalue weighted by Gasteiger charge is -2.28. The predicted octanol–water partition coefficient (Wildman–Crippen LogP) is 1.78. The predicted molar refractivity (Wildman–Crippen MR) is 53.4 cm³/mol. The van der Waals surface area contributed by atoms with E-state index < -0.39 is 0 Å². The lowest BCUT2D eigenvalue weighted by Crippen LogP contribution is -2.42. The first kappa shape index (κ1) is 9.47. The highest BCUT2D eigenvalue weighted by atomic mass is 16.5. The summed E-state index contributed by atoms with van der Waals surface area (Å²) in [4.78, 5) is 0. The standard InChI is InChI=1S/C11H21NO/c1-7(2)6-13-11-9-4-3-8(5-9)10(11)12/h7-11H,3-6,12H2,1-2H3. The Morgan fingerprint density at radius 2 is 2.00 bits per heavy atom. The summed E-state index contributed by atoms with van der Waals surface area (Å²) in [6.45, 7) is 5.26. The van der Waals surface area contributed by atoms with Crippen LogP contribution in [0.15, 0.2) is 0 Å². The molecule has 0 saturated heterocycles. The van der Waals surface area contributed by atoms with Gasteiger partial charge in [0.05, 0.1) is 6.10 Å². The van der Waals surface area contributed by atoms with E-state index in [2.05, 4.69) is 13.8 Å². The molecule has 0 amide bonds. The Bertz CT molecular complexity index is 179. The van der Waals surface area contributed by atoms with Crippen LogP contribution in [0, 0.1) is 17.8 Å². The third-order valence-electron chi connectivity index (χ3n) is 3.52. The van der Waals surface area contributed by atoms with E-state index in [1.54, 1.807) is 0 Å². The van der Waals surface area contributed by atoms with Crippen LogP contribution in [0.4, 0.5) is 0 Å². The molecule has 2 rings (SSSR count). The first-order valence-electron chi connectivity index (χ1n) is 5.55. The molecule has 0 aromatic rings. The molecule has 2 aliphatic rings. The van der Waals surface area contributed by atoms with Crippen molar-refractivity contribution in [2.45, 2.75) is 45.3 Å². The molecule has 76 valence electrons. The van der Waals surface area contributed by atoms with E-state index >= 15 is 0 Å². The first-order valence-corrected chi connectivity index (χ1v) is 5.55. The van der Waals surface area contributed by atoms with Crippen molar-refractivity contribution in [3.8, 4) is 0 Å². The lowest BCUT2D eigenvalue weighted by molar-refractivity contribution is -0.00827. The number of fused-ring (bicyclic) bond motifs is 2. The van der Waals surface area contributed by atoms with Gasteiger partial charge in [-0.1, -0.05) is 13.8 Å². The highest BCUT2D eigenvalue weighted by Crippen LogP contribution is 2.45. The number of ether oxygens (including phenoxy) is 1. The highest BCUT2D eigenvalue weighted by molar-refractivity contribution is 5.00. The van der Waals surface area contributed by atoms with Gasteiger partial charge in [-0.15, -0.1) is 0 Å². The second-order valence-corrected chi connectivity index (χ2v) is 5.10. The smallest absolute Gasteiger partial charge is 0.0756 e. The molecule has 2 N–H and O–H groups in total. The largest absolute Gasteiger partial charge is 0.376 e. The molecular weight excluding hydrogens is 162 g/mol. The Morgan fingerprint density at radius 1 is 1.31 bits per heavy atom. The van der Waals surface area contributed by atoms with Crippen LogP contribution in [0.2, 0.25) is 0 Å². The summed E-state index contributed by atoms with van der Waals surface area (Å²) >= 11 is 0. The van der Waals surface area contributed by atoms with Gasteiger partial charge in [0, 0.05) is 12.6 Å². The van der Waals surface area contributed by atoms with Crippen molar-refractivity contribution in [3.63, 3.8) is 0 Å². The Hall–Kier alpha value is -0.0800. The summed E-state index contributed by atoms with van der Waals surface area (Å²) in [5, 5.41) is 0. The third kappa shape index (κ3) is 1.75. The molecule has 2 heteroatoms. The second kappa shape index (κ2) is 3.58. The highest BCUT2D eigenvalue weighted by Gasteiger charge is 2.46. The first-order chi connectivity index (χ1) is 6.18. The monoisotopic (exact) mass is 183 g/mol.